The van der Waals surface area contributed by atoms with Gasteiger partial charge in [-0.3, -0.25) is 0 Å². The van der Waals surface area contributed by atoms with Crippen LogP contribution in [0.15, 0.2) is 33.2 Å². The summed E-state index contributed by atoms with van der Waals surface area (Å²) in [7, 11) is 0. The van der Waals surface area contributed by atoms with Crippen LogP contribution in [0.25, 0.3) is 0 Å². The summed E-state index contributed by atoms with van der Waals surface area (Å²) in [6.07, 6.45) is 11.4. The molecule has 1 rings (SSSR count). The van der Waals surface area contributed by atoms with Gasteiger partial charge >= 0.3 is 77.3 Å². The van der Waals surface area contributed by atoms with Gasteiger partial charge in [0.1, 0.15) is 0 Å². The minimum Gasteiger partial charge on any atom is -1.00 e. The first-order valence-electron chi connectivity index (χ1n) is 3.62. The van der Waals surface area contributed by atoms with E-state index in [0.717, 1.165) is 6.42 Å². The van der Waals surface area contributed by atoms with Crippen molar-refractivity contribution in [3.05, 3.63) is 33.2 Å². The number of rotatable bonds is 2. The Morgan fingerprint density at radius 2 is 2.17 bits per heavy atom. The van der Waals surface area contributed by atoms with E-state index >= 15 is 0 Å². The summed E-state index contributed by atoms with van der Waals surface area (Å²) in [5, 5.41) is 0. The molecular weight excluding hydrogens is 357 g/mol. The van der Waals surface area contributed by atoms with Crippen LogP contribution in [-0.2, 0) is 24.4 Å². The second kappa shape index (κ2) is 8.28. The Labute approximate surface area is 102 Å². The second-order valence-electron chi connectivity index (χ2n) is 2.39. The van der Waals surface area contributed by atoms with Gasteiger partial charge in [0.15, 0.2) is 0 Å². The van der Waals surface area contributed by atoms with Crippen LogP contribution in [0.2, 0.25) is 0 Å². The minimum atomic E-state index is 0. The van der Waals surface area contributed by atoms with E-state index in [1.54, 1.807) is 3.33 Å². The third kappa shape index (κ3) is 5.34. The van der Waals surface area contributed by atoms with Gasteiger partial charge in [0, 0.05) is 0 Å². The fourth-order valence-corrected chi connectivity index (χ4v) is 1.88. The first-order valence-corrected chi connectivity index (χ1v) is 5.41. The van der Waals surface area contributed by atoms with E-state index in [4.69, 9.17) is 0 Å². The number of halogens is 2. The summed E-state index contributed by atoms with van der Waals surface area (Å²) in [6, 6.07) is 0. The first kappa shape index (κ1) is 15.2. The van der Waals surface area contributed by atoms with Crippen LogP contribution in [0, 0.1) is 0 Å². The van der Waals surface area contributed by atoms with Crippen molar-refractivity contribution in [3.63, 3.8) is 0 Å². The molecule has 0 atom stereocenters. The Morgan fingerprint density at radius 1 is 1.50 bits per heavy atom. The molecule has 0 radical (unpaired) electrons. The molecule has 0 heterocycles. The maximum Gasteiger partial charge on any atom is -1.00 e. The van der Waals surface area contributed by atoms with Gasteiger partial charge in [-0.2, -0.15) is 0 Å². The van der Waals surface area contributed by atoms with Crippen molar-refractivity contribution in [3.8, 4) is 0 Å². The van der Waals surface area contributed by atoms with E-state index in [-0.39, 0.29) is 24.8 Å². The van der Waals surface area contributed by atoms with Crippen LogP contribution in [0.1, 0.15) is 19.8 Å². The molecule has 65 valence electrons. The van der Waals surface area contributed by atoms with Crippen molar-refractivity contribution in [1.29, 1.82) is 0 Å². The van der Waals surface area contributed by atoms with Crippen LogP contribution in [0.5, 0.6) is 0 Å². The van der Waals surface area contributed by atoms with Crippen molar-refractivity contribution in [2.75, 3.05) is 0 Å². The zero-order valence-electron chi connectivity index (χ0n) is 6.98. The zero-order chi connectivity index (χ0) is 7.40. The fraction of sp³-hybridized carbons (Fsp3) is 0.333. The molecule has 3 heteroatoms. The third-order valence-electron chi connectivity index (χ3n) is 1.44. The standard InChI is InChI=1S/C9H11.2ClH.Hf/c1-2-3-6-9-7-4-5-8-9;;;/h3,6-8H,2,4H2,1H3;2*1H;/q;;;+2/p-2. The van der Waals surface area contributed by atoms with Crippen molar-refractivity contribution >= 4 is 0 Å². The van der Waals surface area contributed by atoms with Gasteiger partial charge in [0.2, 0.25) is 0 Å². The number of hydrogen-bond donors (Lipinski definition) is 0. The first-order chi connectivity index (χ1) is 4.83. The van der Waals surface area contributed by atoms with E-state index in [9.17, 15) is 0 Å². The van der Waals surface area contributed by atoms with E-state index in [0.29, 0.717) is 0 Å². The second-order valence-corrected chi connectivity index (χ2v) is 4.70. The fourth-order valence-electron chi connectivity index (χ4n) is 0.917. The number of allylic oxidation sites excluding steroid dienone is 6. The summed E-state index contributed by atoms with van der Waals surface area (Å²) >= 11 is 1.22. The maximum absolute atomic E-state index is 2.30. The quantitative estimate of drug-likeness (QED) is 0.449. The average Bonchev–Trinajstić information content (AvgIpc) is 2.31. The van der Waals surface area contributed by atoms with E-state index in [2.05, 4.69) is 31.2 Å². The third-order valence-corrected chi connectivity index (χ3v) is 2.70. The summed E-state index contributed by atoms with van der Waals surface area (Å²) in [5.41, 5.74) is 1.41. The molecule has 0 spiro atoms. The van der Waals surface area contributed by atoms with E-state index in [1.165, 1.54) is 36.4 Å². The monoisotopic (exact) mass is 369 g/mol. The van der Waals surface area contributed by atoms with Gasteiger partial charge in [-0.1, -0.05) is 0 Å². The molecule has 0 fully saturated rings. The molecule has 0 aromatic rings. The molecule has 0 N–H and O–H groups in total. The van der Waals surface area contributed by atoms with Crippen molar-refractivity contribution in [1.82, 2.24) is 0 Å². The summed E-state index contributed by atoms with van der Waals surface area (Å²) < 4.78 is 1.61. The Balaban J connectivity index is 0. The molecule has 0 saturated heterocycles. The van der Waals surface area contributed by atoms with Crippen molar-refractivity contribution in [2.24, 2.45) is 0 Å². The summed E-state index contributed by atoms with van der Waals surface area (Å²) in [4.78, 5) is 0. The maximum atomic E-state index is 2.30. The SMILES string of the molecule is CCC=CC1=CC[C]([Hf+2])=C1.[Cl-].[Cl-]. The molecule has 0 aromatic carbocycles. The topological polar surface area (TPSA) is 0 Å². The van der Waals surface area contributed by atoms with Crippen LogP contribution in [0.4, 0.5) is 0 Å². The smallest absolute Gasteiger partial charge is 1.00 e. The minimum absolute atomic E-state index is 0. The molecule has 0 bridgehead atoms. The Morgan fingerprint density at radius 3 is 2.58 bits per heavy atom. The zero-order valence-corrected chi connectivity index (χ0v) is 12.1. The average molecular weight is 369 g/mol. The van der Waals surface area contributed by atoms with Crippen LogP contribution in [0.3, 0.4) is 0 Å². The molecule has 12 heavy (non-hydrogen) atoms. The molecule has 0 nitrogen and oxygen atoms in total. The molecular formula is C9H11Cl2Hf. The van der Waals surface area contributed by atoms with E-state index < -0.39 is 0 Å². The Bertz CT molecular complexity index is 205. The molecule has 1 aliphatic carbocycles. The summed E-state index contributed by atoms with van der Waals surface area (Å²) in [6.45, 7) is 2.16. The molecule has 0 unspecified atom stereocenters. The van der Waals surface area contributed by atoms with Crippen LogP contribution in [-0.4, -0.2) is 0 Å². The largest absolute Gasteiger partial charge is 1.00 e. The summed E-state index contributed by atoms with van der Waals surface area (Å²) in [5.74, 6) is 0. The van der Waals surface area contributed by atoms with Gasteiger partial charge < -0.3 is 24.8 Å². The van der Waals surface area contributed by atoms with Gasteiger partial charge in [-0.05, 0) is 0 Å². The molecule has 1 aliphatic rings. The predicted octanol–water partition coefficient (Wildman–Crippen LogP) is -3.28. The van der Waals surface area contributed by atoms with Crippen LogP contribution >= 0.6 is 0 Å². The van der Waals surface area contributed by atoms with E-state index in [1.807, 2.05) is 0 Å². The Kier molecular flexibility index (Phi) is 10.5. The molecule has 0 saturated carbocycles. The predicted molar refractivity (Wildman–Crippen MR) is 40.2 cm³/mol. The Hall–Kier alpha value is 0.670. The van der Waals surface area contributed by atoms with Crippen LogP contribution < -0.4 is 24.8 Å². The number of hydrogen-bond acceptors (Lipinski definition) is 0. The molecule has 0 aromatic heterocycles. The van der Waals surface area contributed by atoms with Crippen molar-refractivity contribution in [2.45, 2.75) is 19.8 Å². The van der Waals surface area contributed by atoms with Crippen molar-refractivity contribution < 1.29 is 49.2 Å². The molecule has 0 amide bonds. The van der Waals surface area contributed by atoms with Gasteiger partial charge in [-0.25, -0.2) is 0 Å². The molecule has 0 aliphatic heterocycles. The van der Waals surface area contributed by atoms with Gasteiger partial charge in [0.25, 0.3) is 0 Å². The normalized spacial score (nSPS) is 14.9. The van der Waals surface area contributed by atoms with Gasteiger partial charge in [0.05, 0.1) is 0 Å². The van der Waals surface area contributed by atoms with Gasteiger partial charge in [-0.15, -0.1) is 0 Å².